The summed E-state index contributed by atoms with van der Waals surface area (Å²) in [5.74, 6) is -4.06. The quantitative estimate of drug-likeness (QED) is 0.0745. The van der Waals surface area contributed by atoms with E-state index in [0.29, 0.717) is 25.7 Å². The number of anilines is 2. The van der Waals surface area contributed by atoms with Crippen LogP contribution >= 0.6 is 0 Å². The van der Waals surface area contributed by atoms with Gasteiger partial charge in [0.1, 0.15) is 0 Å². The van der Waals surface area contributed by atoms with Crippen LogP contribution < -0.4 is 52.0 Å². The Bertz CT molecular complexity index is 3700. The largest absolute Gasteiger partial charge is 0.397 e. The first-order valence-corrected chi connectivity index (χ1v) is 41.1. The van der Waals surface area contributed by atoms with Crippen LogP contribution in [0.2, 0.25) is 0 Å². The van der Waals surface area contributed by atoms with Crippen molar-refractivity contribution in [2.75, 3.05) is 34.2 Å². The van der Waals surface area contributed by atoms with Gasteiger partial charge in [-0.05, 0) is 173 Å². The number of rotatable bonds is 18. The van der Waals surface area contributed by atoms with Crippen LogP contribution in [0.5, 0.6) is 0 Å². The lowest BCUT2D eigenvalue weighted by Gasteiger charge is -2.38. The summed E-state index contributed by atoms with van der Waals surface area (Å²) in [6.45, 7) is -1.73. The van der Waals surface area contributed by atoms with Gasteiger partial charge in [-0.1, -0.05) is 0 Å². The molecular formula is C48H74N10O22S8. The molecule has 4 aliphatic carbocycles. The predicted molar refractivity (Wildman–Crippen MR) is 314 cm³/mol. The molecule has 2 aromatic carbocycles. The summed E-state index contributed by atoms with van der Waals surface area (Å²) in [6, 6.07) is 9.60. The van der Waals surface area contributed by atoms with Gasteiger partial charge in [0.15, 0.2) is 19.7 Å². The van der Waals surface area contributed by atoms with E-state index < -0.39 is 188 Å². The van der Waals surface area contributed by atoms with Crippen molar-refractivity contribution in [3.05, 3.63) is 48.5 Å². The Kier molecular flexibility index (Phi) is 18.7. The lowest BCUT2D eigenvalue weighted by molar-refractivity contribution is 0.168. The molecule has 496 valence electrons. The second-order valence-corrected chi connectivity index (χ2v) is 38.4. The van der Waals surface area contributed by atoms with E-state index in [1.807, 2.05) is 0 Å². The molecule has 9 aliphatic rings. The first-order valence-electron chi connectivity index (χ1n) is 28.9. The third kappa shape index (κ3) is 14.7. The lowest BCUT2D eigenvalue weighted by Crippen LogP contribution is -2.61. The number of benzene rings is 2. The van der Waals surface area contributed by atoms with Gasteiger partial charge in [0.2, 0.25) is 20.0 Å². The first-order chi connectivity index (χ1) is 41.0. The van der Waals surface area contributed by atoms with Gasteiger partial charge in [-0.2, -0.15) is 33.7 Å². The molecule has 9 fully saturated rings. The summed E-state index contributed by atoms with van der Waals surface area (Å²) < 4.78 is 256. The van der Waals surface area contributed by atoms with E-state index in [2.05, 4.69) is 60.3 Å². The Morgan fingerprint density at radius 1 is 0.341 bits per heavy atom. The number of hydrogen-bond donors (Lipinski definition) is 14. The predicted octanol–water partition coefficient (Wildman–Crippen LogP) is -1.63. The Hall–Kier alpha value is -2.92. The van der Waals surface area contributed by atoms with Crippen molar-refractivity contribution in [2.45, 2.75) is 157 Å². The first kappa shape index (κ1) is 66.5. The van der Waals surface area contributed by atoms with Gasteiger partial charge >= 0.3 is 20.8 Å². The maximum atomic E-state index is 14.4. The normalized spacial score (nSPS) is 37.4. The monoisotopic (exact) mass is 1400 g/mol. The lowest BCUT2D eigenvalue weighted by atomic mass is 9.76. The second-order valence-electron chi connectivity index (χ2n) is 24.7. The maximum Gasteiger partial charge on any atom is 0.397 e. The zero-order chi connectivity index (χ0) is 63.3. The van der Waals surface area contributed by atoms with Crippen molar-refractivity contribution in [2.24, 2.45) is 47.3 Å². The van der Waals surface area contributed by atoms with Crippen molar-refractivity contribution >= 4 is 92.1 Å². The molecule has 5 saturated heterocycles. The molecule has 0 aromatic heterocycles. The van der Waals surface area contributed by atoms with E-state index in [9.17, 15) is 76.4 Å². The van der Waals surface area contributed by atoms with Crippen LogP contribution in [0, 0.1) is 47.3 Å². The average molecular weight is 1400 g/mol. The van der Waals surface area contributed by atoms with Crippen LogP contribution in [0.25, 0.3) is 0 Å². The van der Waals surface area contributed by atoms with E-state index in [0.717, 1.165) is 24.3 Å². The fourth-order valence-corrected chi connectivity index (χ4v) is 23.5. The minimum absolute atomic E-state index is 0.0498. The molecule has 0 radical (unpaired) electrons. The van der Waals surface area contributed by atoms with Gasteiger partial charge in [0.25, 0.3) is 20.2 Å². The summed E-state index contributed by atoms with van der Waals surface area (Å²) in [5, 5.41) is 26.0. The van der Waals surface area contributed by atoms with E-state index >= 15 is 0 Å². The van der Waals surface area contributed by atoms with Crippen molar-refractivity contribution in [3.8, 4) is 0 Å². The van der Waals surface area contributed by atoms with Crippen molar-refractivity contribution in [1.29, 1.82) is 0 Å². The number of fused-ring (bicyclic) bond motifs is 20. The molecule has 11 rings (SSSR count). The van der Waals surface area contributed by atoms with Crippen LogP contribution in [-0.2, 0) is 89.1 Å². The van der Waals surface area contributed by atoms with Gasteiger partial charge in [-0.25, -0.2) is 42.0 Å². The van der Waals surface area contributed by atoms with Gasteiger partial charge in [-0.15, -0.1) is 0 Å². The smallest absolute Gasteiger partial charge is 0.286 e. The van der Waals surface area contributed by atoms with Crippen molar-refractivity contribution in [1.82, 2.24) is 42.5 Å². The molecule has 2 aromatic rings. The third-order valence-electron chi connectivity index (χ3n) is 19.8. The second kappa shape index (κ2) is 24.8. The Morgan fingerprint density at radius 2 is 0.580 bits per heavy atom. The molecule has 14 N–H and O–H groups in total. The molecule has 0 spiro atoms. The van der Waals surface area contributed by atoms with Crippen LogP contribution in [0.3, 0.4) is 0 Å². The maximum absolute atomic E-state index is 14.4. The SMILES string of the molecule is O=S(=O)(O)OCCS(=O)(=O)c1ccc(NS(=O)(=O)C2CCC3C4NC(NC5NC(NC6NC(NC7NC(N4)C4CC(S(=O)(=O)Nc8ccc(S(=O)(=O)CCOS(=O)(=O)O)cc8)CCC74)C4CC(S(=O)(=O)O)CCC64)C4CC(S(=O)(=O)O)CCC54)C3C2)cc1. The Morgan fingerprint density at radius 3 is 0.830 bits per heavy atom. The van der Waals surface area contributed by atoms with E-state index in [1.165, 1.54) is 24.3 Å². The van der Waals surface area contributed by atoms with Gasteiger partial charge in [0, 0.05) is 11.4 Å². The summed E-state index contributed by atoms with van der Waals surface area (Å²) in [5.41, 5.74) is 0.0997. The molecule has 5 heterocycles. The molecule has 40 heteroatoms. The fraction of sp³-hybridized carbons (Fsp3) is 0.750. The Labute approximate surface area is 512 Å². The number of nitrogens with one attached hydrogen (secondary N) is 10. The molecule has 88 heavy (non-hydrogen) atoms. The zero-order valence-corrected chi connectivity index (χ0v) is 53.4. The topological polar surface area (TPSA) is 493 Å². The minimum atomic E-state index is -4.90. The van der Waals surface area contributed by atoms with E-state index in [4.69, 9.17) is 9.11 Å². The molecule has 20 unspecified atom stereocenters. The van der Waals surface area contributed by atoms with E-state index in [1.54, 1.807) is 0 Å². The number of hydrogen-bond acceptors (Lipinski definition) is 26. The van der Waals surface area contributed by atoms with Crippen molar-refractivity contribution < 1.29 is 93.9 Å². The number of sulfone groups is 2. The number of sulfonamides is 2. The van der Waals surface area contributed by atoms with Gasteiger partial charge < -0.3 is 0 Å². The van der Waals surface area contributed by atoms with Crippen LogP contribution in [-0.4, -0.2) is 181 Å². The molecule has 5 aliphatic heterocycles. The van der Waals surface area contributed by atoms with Crippen LogP contribution in [0.4, 0.5) is 11.4 Å². The fourth-order valence-electron chi connectivity index (χ4n) is 15.6. The molecule has 0 amide bonds. The molecule has 8 bridgehead atoms. The zero-order valence-electron chi connectivity index (χ0n) is 46.9. The minimum Gasteiger partial charge on any atom is -0.286 e. The van der Waals surface area contributed by atoms with Gasteiger partial charge in [0.05, 0.1) is 105 Å². The highest BCUT2D eigenvalue weighted by Gasteiger charge is 2.58. The van der Waals surface area contributed by atoms with Crippen molar-refractivity contribution in [3.63, 3.8) is 0 Å². The van der Waals surface area contributed by atoms with E-state index in [-0.39, 0.29) is 108 Å². The third-order valence-corrected chi connectivity index (χ3v) is 30.3. The molecule has 20 atom stereocenters. The summed E-state index contributed by atoms with van der Waals surface area (Å²) >= 11 is 0. The highest BCUT2D eigenvalue weighted by atomic mass is 32.3. The molecule has 4 saturated carbocycles. The van der Waals surface area contributed by atoms with Crippen LogP contribution in [0.1, 0.15) is 77.0 Å². The molecular weight excluding hydrogens is 1330 g/mol. The molecule has 32 nitrogen and oxygen atoms in total. The Balaban J connectivity index is 0.877. The summed E-state index contributed by atoms with van der Waals surface area (Å²) in [4.78, 5) is -0.522. The standard InChI is InChI=1S/C48H74N10O22S8/c59-81(60,19-17-79-87(73,74)75)27-5-1-25(2-6-27)57-83(63,64)29-9-13-33-37(21-29)46-50-41(33)49-45-38-22-30(84(65,66)58-26-3-7-28(8-4-26)82(61,62)20-18-80-88(76,77)78)10-14-34(38)42(51-45)53-47-40-24-32(86(70,71)72)12-16-36(40)44(55-47)56-48-39-23-31(85(67,68)69)11-15-35(39)43(52-46)54-48/h1-8,29-58H,9-24H2,(H,67,68,69)(H,70,71,72)(H,73,74,75)(H,76,77,78). The van der Waals surface area contributed by atoms with Crippen LogP contribution in [0.15, 0.2) is 58.3 Å². The highest BCUT2D eigenvalue weighted by Crippen LogP contribution is 2.48. The summed E-state index contributed by atoms with van der Waals surface area (Å²) in [7, 11) is -35.3. The average Bonchev–Trinajstić information content (AvgIpc) is 1.80. The summed E-state index contributed by atoms with van der Waals surface area (Å²) in [6.07, 6.45) is -1.76. The van der Waals surface area contributed by atoms with Gasteiger partial charge in [-0.3, -0.25) is 70.2 Å². The highest BCUT2D eigenvalue weighted by molar-refractivity contribution is 7.93.